The summed E-state index contributed by atoms with van der Waals surface area (Å²) < 4.78 is 7.13. The Bertz CT molecular complexity index is 778. The van der Waals surface area contributed by atoms with Crippen LogP contribution in [0.25, 0.3) is 11.3 Å². The fourth-order valence-corrected chi connectivity index (χ4v) is 2.41. The number of ether oxygens (including phenoxy) is 1. The van der Waals surface area contributed by atoms with Gasteiger partial charge in [-0.1, -0.05) is 0 Å². The van der Waals surface area contributed by atoms with E-state index in [0.717, 1.165) is 24.3 Å². The Morgan fingerprint density at radius 1 is 1.33 bits per heavy atom. The molecule has 3 rings (SSSR count). The van der Waals surface area contributed by atoms with Gasteiger partial charge < -0.3 is 14.6 Å². The van der Waals surface area contributed by atoms with Crippen molar-refractivity contribution in [2.75, 3.05) is 13.7 Å². The van der Waals surface area contributed by atoms with Gasteiger partial charge in [-0.25, -0.2) is 4.98 Å². The molecule has 124 valence electrons. The number of imidazole rings is 1. The highest BCUT2D eigenvalue weighted by Gasteiger charge is 2.14. The van der Waals surface area contributed by atoms with Crippen LogP contribution in [-0.4, -0.2) is 39.3 Å². The van der Waals surface area contributed by atoms with Crippen molar-refractivity contribution in [3.63, 3.8) is 0 Å². The lowest BCUT2D eigenvalue weighted by molar-refractivity contribution is 0.0953. The Hall–Kier alpha value is -3.09. The standard InChI is InChI=1S/C17H19N5O2/c1-24-14-5-3-13(4-6-14)16-15(11-20-21-16)17(23)19-7-2-9-22-10-8-18-12-22/h3-6,8,10-12H,2,7,9H2,1H3,(H,19,23)(H,20,21). The van der Waals surface area contributed by atoms with E-state index in [1.165, 1.54) is 0 Å². The summed E-state index contributed by atoms with van der Waals surface area (Å²) in [5.74, 6) is 0.629. The van der Waals surface area contributed by atoms with E-state index in [0.29, 0.717) is 17.8 Å². The molecule has 0 spiro atoms. The molecule has 7 heteroatoms. The van der Waals surface area contributed by atoms with Gasteiger partial charge in [0.2, 0.25) is 0 Å². The Kier molecular flexibility index (Phi) is 4.90. The minimum atomic E-state index is -0.139. The molecule has 0 unspecified atom stereocenters. The Morgan fingerprint density at radius 2 is 2.17 bits per heavy atom. The number of nitrogens with one attached hydrogen (secondary N) is 2. The van der Waals surface area contributed by atoms with Crippen molar-refractivity contribution >= 4 is 5.91 Å². The Balaban J connectivity index is 1.60. The highest BCUT2D eigenvalue weighted by Crippen LogP contribution is 2.23. The van der Waals surface area contributed by atoms with E-state index < -0.39 is 0 Å². The highest BCUT2D eigenvalue weighted by molar-refractivity contribution is 5.99. The maximum absolute atomic E-state index is 12.4. The number of aryl methyl sites for hydroxylation is 1. The molecule has 1 amide bonds. The first-order valence-corrected chi connectivity index (χ1v) is 7.69. The van der Waals surface area contributed by atoms with Gasteiger partial charge in [-0.05, 0) is 30.7 Å². The molecule has 0 bridgehead atoms. The minimum Gasteiger partial charge on any atom is -0.497 e. The lowest BCUT2D eigenvalue weighted by Gasteiger charge is -2.07. The van der Waals surface area contributed by atoms with Gasteiger partial charge >= 0.3 is 0 Å². The molecule has 0 aliphatic rings. The number of H-pyrrole nitrogens is 1. The lowest BCUT2D eigenvalue weighted by Crippen LogP contribution is -2.25. The maximum atomic E-state index is 12.4. The number of aromatic amines is 1. The average molecular weight is 325 g/mol. The molecule has 2 aromatic heterocycles. The summed E-state index contributed by atoms with van der Waals surface area (Å²) in [4.78, 5) is 16.4. The zero-order valence-electron chi connectivity index (χ0n) is 13.4. The fraction of sp³-hybridized carbons (Fsp3) is 0.235. The highest BCUT2D eigenvalue weighted by atomic mass is 16.5. The quantitative estimate of drug-likeness (QED) is 0.652. The van der Waals surface area contributed by atoms with Crippen molar-refractivity contribution in [2.45, 2.75) is 13.0 Å². The summed E-state index contributed by atoms with van der Waals surface area (Å²) >= 11 is 0. The van der Waals surface area contributed by atoms with Gasteiger partial charge in [0.15, 0.2) is 0 Å². The normalized spacial score (nSPS) is 10.5. The summed E-state index contributed by atoms with van der Waals surface area (Å²) in [6.07, 6.45) is 7.78. The molecule has 1 aromatic carbocycles. The summed E-state index contributed by atoms with van der Waals surface area (Å²) in [6.45, 7) is 1.40. The van der Waals surface area contributed by atoms with E-state index >= 15 is 0 Å². The zero-order valence-corrected chi connectivity index (χ0v) is 13.4. The van der Waals surface area contributed by atoms with Crippen molar-refractivity contribution in [3.8, 4) is 17.0 Å². The average Bonchev–Trinajstić information content (AvgIpc) is 3.30. The fourth-order valence-electron chi connectivity index (χ4n) is 2.41. The first-order valence-electron chi connectivity index (χ1n) is 7.69. The predicted octanol–water partition coefficient (Wildman–Crippen LogP) is 2.10. The van der Waals surface area contributed by atoms with E-state index in [1.54, 1.807) is 25.8 Å². The summed E-state index contributed by atoms with van der Waals surface area (Å²) in [5, 5.41) is 9.81. The molecular formula is C17H19N5O2. The molecule has 2 heterocycles. The molecule has 24 heavy (non-hydrogen) atoms. The van der Waals surface area contributed by atoms with E-state index in [2.05, 4.69) is 20.5 Å². The number of hydrogen-bond donors (Lipinski definition) is 2. The van der Waals surface area contributed by atoms with Crippen molar-refractivity contribution in [1.29, 1.82) is 0 Å². The van der Waals surface area contributed by atoms with Gasteiger partial charge in [-0.2, -0.15) is 5.10 Å². The molecular weight excluding hydrogens is 306 g/mol. The molecule has 0 saturated heterocycles. The zero-order chi connectivity index (χ0) is 16.8. The number of carbonyl (C=O) groups is 1. The molecule has 0 saturated carbocycles. The lowest BCUT2D eigenvalue weighted by atomic mass is 10.1. The third kappa shape index (κ3) is 3.62. The Morgan fingerprint density at radius 3 is 2.88 bits per heavy atom. The third-order valence-corrected chi connectivity index (χ3v) is 3.70. The molecule has 0 fully saturated rings. The second-order valence-corrected chi connectivity index (χ2v) is 5.30. The number of nitrogens with zero attached hydrogens (tertiary/aromatic N) is 3. The van der Waals surface area contributed by atoms with Gasteiger partial charge in [0.05, 0.1) is 30.9 Å². The molecule has 0 aliphatic heterocycles. The molecule has 2 N–H and O–H groups in total. The van der Waals surface area contributed by atoms with Gasteiger partial charge in [-0.3, -0.25) is 9.89 Å². The number of amides is 1. The SMILES string of the molecule is COc1ccc(-c2[nH]ncc2C(=O)NCCCn2ccnc2)cc1. The molecule has 0 atom stereocenters. The molecule has 0 radical (unpaired) electrons. The topological polar surface area (TPSA) is 84.8 Å². The van der Waals surface area contributed by atoms with Crippen molar-refractivity contribution < 1.29 is 9.53 Å². The Labute approximate surface area is 139 Å². The first-order chi connectivity index (χ1) is 11.8. The van der Waals surface area contributed by atoms with Crippen LogP contribution in [0.2, 0.25) is 0 Å². The largest absolute Gasteiger partial charge is 0.497 e. The number of methoxy groups -OCH3 is 1. The smallest absolute Gasteiger partial charge is 0.255 e. The van der Waals surface area contributed by atoms with Gasteiger partial charge in [0.25, 0.3) is 5.91 Å². The number of hydrogen-bond acceptors (Lipinski definition) is 4. The van der Waals surface area contributed by atoms with Crippen LogP contribution in [0, 0.1) is 0 Å². The van der Waals surface area contributed by atoms with Crippen LogP contribution in [-0.2, 0) is 6.54 Å². The van der Waals surface area contributed by atoms with Crippen LogP contribution in [0.4, 0.5) is 0 Å². The van der Waals surface area contributed by atoms with Crippen LogP contribution in [0.3, 0.4) is 0 Å². The molecule has 0 aliphatic carbocycles. The number of benzene rings is 1. The second kappa shape index (κ2) is 7.45. The first kappa shape index (κ1) is 15.8. The van der Waals surface area contributed by atoms with Crippen molar-refractivity contribution in [3.05, 3.63) is 54.7 Å². The summed E-state index contributed by atoms with van der Waals surface area (Å²) in [7, 11) is 1.62. The van der Waals surface area contributed by atoms with Crippen LogP contribution in [0.5, 0.6) is 5.75 Å². The third-order valence-electron chi connectivity index (χ3n) is 3.70. The number of rotatable bonds is 7. The van der Waals surface area contributed by atoms with E-state index in [9.17, 15) is 4.79 Å². The van der Waals surface area contributed by atoms with Gasteiger partial charge in [0, 0.05) is 31.0 Å². The van der Waals surface area contributed by atoms with Crippen molar-refractivity contribution in [1.82, 2.24) is 25.1 Å². The second-order valence-electron chi connectivity index (χ2n) is 5.30. The monoisotopic (exact) mass is 325 g/mol. The number of carbonyl (C=O) groups excluding carboxylic acids is 1. The van der Waals surface area contributed by atoms with Crippen LogP contribution in [0.15, 0.2) is 49.2 Å². The van der Waals surface area contributed by atoms with Crippen LogP contribution < -0.4 is 10.1 Å². The van der Waals surface area contributed by atoms with Crippen LogP contribution in [0.1, 0.15) is 16.8 Å². The van der Waals surface area contributed by atoms with Crippen molar-refractivity contribution in [2.24, 2.45) is 0 Å². The summed E-state index contributed by atoms with van der Waals surface area (Å²) in [6, 6.07) is 7.48. The van der Waals surface area contributed by atoms with Gasteiger partial charge in [0.1, 0.15) is 5.75 Å². The van der Waals surface area contributed by atoms with E-state index in [1.807, 2.05) is 35.0 Å². The van der Waals surface area contributed by atoms with Gasteiger partial charge in [-0.15, -0.1) is 0 Å². The van der Waals surface area contributed by atoms with Crippen LogP contribution >= 0.6 is 0 Å². The maximum Gasteiger partial charge on any atom is 0.255 e. The van der Waals surface area contributed by atoms with E-state index in [4.69, 9.17) is 4.74 Å². The molecule has 3 aromatic rings. The minimum absolute atomic E-state index is 0.139. The summed E-state index contributed by atoms with van der Waals surface area (Å²) in [5.41, 5.74) is 2.12. The predicted molar refractivity (Wildman–Crippen MR) is 89.8 cm³/mol. The number of aromatic nitrogens is 4. The van der Waals surface area contributed by atoms with E-state index in [-0.39, 0.29) is 5.91 Å². The molecule has 7 nitrogen and oxygen atoms in total.